The zero-order valence-corrected chi connectivity index (χ0v) is 23.7. The molecule has 5 fully saturated rings. The van der Waals surface area contributed by atoms with Gasteiger partial charge in [-0.3, -0.25) is 4.79 Å². The van der Waals surface area contributed by atoms with Crippen molar-refractivity contribution < 1.29 is 28.9 Å². The summed E-state index contributed by atoms with van der Waals surface area (Å²) in [7, 11) is 0. The Morgan fingerprint density at radius 1 is 1.08 bits per heavy atom. The lowest BCUT2D eigenvalue weighted by Crippen LogP contribution is -2.72. The van der Waals surface area contributed by atoms with Crippen molar-refractivity contribution in [1.29, 1.82) is 0 Å². The first-order valence-electron chi connectivity index (χ1n) is 14.2. The van der Waals surface area contributed by atoms with E-state index in [0.29, 0.717) is 12.3 Å². The van der Waals surface area contributed by atoms with Crippen molar-refractivity contribution in [2.75, 3.05) is 0 Å². The molecule has 0 unspecified atom stereocenters. The molecule has 1 aromatic carbocycles. The van der Waals surface area contributed by atoms with E-state index in [1.54, 1.807) is 6.08 Å². The molecule has 0 radical (unpaired) electrons. The summed E-state index contributed by atoms with van der Waals surface area (Å²) in [6.07, 6.45) is 3.31. The maximum absolute atomic E-state index is 14.9. The quantitative estimate of drug-likeness (QED) is 0.435. The second-order valence-corrected chi connectivity index (χ2v) is 14.2. The first-order valence-corrected chi connectivity index (χ1v) is 14.2. The van der Waals surface area contributed by atoms with Crippen molar-refractivity contribution in [3.05, 3.63) is 42.0 Å². The van der Waals surface area contributed by atoms with Gasteiger partial charge in [0, 0.05) is 11.5 Å². The molecule has 1 aromatic rings. The van der Waals surface area contributed by atoms with Gasteiger partial charge in [0.05, 0.1) is 23.5 Å². The Balaban J connectivity index is 1.41. The predicted molar refractivity (Wildman–Crippen MR) is 143 cm³/mol. The third-order valence-corrected chi connectivity index (χ3v) is 11.4. The number of hydrogen-bond acceptors (Lipinski definition) is 6. The summed E-state index contributed by atoms with van der Waals surface area (Å²) < 4.78 is 19.6. The second-order valence-electron chi connectivity index (χ2n) is 14.2. The van der Waals surface area contributed by atoms with Crippen LogP contribution in [0.25, 0.3) is 6.08 Å². The van der Waals surface area contributed by atoms with Crippen LogP contribution in [0.3, 0.4) is 0 Å². The van der Waals surface area contributed by atoms with Crippen LogP contribution in [0.2, 0.25) is 0 Å². The number of carbonyl (C=O) groups excluding carboxylic acids is 2. The van der Waals surface area contributed by atoms with Gasteiger partial charge in [0.2, 0.25) is 0 Å². The number of fused-ring (bicyclic) bond motifs is 2. The van der Waals surface area contributed by atoms with Gasteiger partial charge < -0.3 is 19.3 Å². The molecule has 38 heavy (non-hydrogen) atoms. The third kappa shape index (κ3) is 3.29. The molecule has 206 valence electrons. The van der Waals surface area contributed by atoms with Crippen molar-refractivity contribution in [2.24, 2.45) is 39.9 Å². The molecule has 0 amide bonds. The molecular formula is C32H42O6. The Hall–Kier alpha value is -2.02. The number of aliphatic hydroxyl groups is 1. The molecular weight excluding hydrogens is 480 g/mol. The lowest BCUT2D eigenvalue weighted by atomic mass is 9.46. The van der Waals surface area contributed by atoms with Crippen molar-refractivity contribution in [3.8, 4) is 0 Å². The summed E-state index contributed by atoms with van der Waals surface area (Å²) in [5.41, 5.74) is -1.95. The van der Waals surface area contributed by atoms with Gasteiger partial charge in [0.15, 0.2) is 11.6 Å². The fourth-order valence-corrected chi connectivity index (χ4v) is 9.25. The minimum absolute atomic E-state index is 0.0203. The van der Waals surface area contributed by atoms with Gasteiger partial charge in [-0.15, -0.1) is 0 Å². The summed E-state index contributed by atoms with van der Waals surface area (Å²) in [6.45, 7) is 14.4. The highest BCUT2D eigenvalue weighted by atomic mass is 16.7. The molecule has 1 N–H and O–H groups in total. The summed E-state index contributed by atoms with van der Waals surface area (Å²) in [6, 6.07) is 9.57. The van der Waals surface area contributed by atoms with Crippen LogP contribution in [0.15, 0.2) is 36.4 Å². The smallest absolute Gasteiger partial charge is 0.331 e. The molecule has 10 atom stereocenters. The fraction of sp³-hybridized carbons (Fsp3) is 0.688. The second kappa shape index (κ2) is 8.02. The number of rotatable bonds is 3. The van der Waals surface area contributed by atoms with Crippen molar-refractivity contribution in [1.82, 2.24) is 0 Å². The number of esters is 1. The molecule has 6 nitrogen and oxygen atoms in total. The summed E-state index contributed by atoms with van der Waals surface area (Å²) in [5, 5.41) is 12.3. The van der Waals surface area contributed by atoms with E-state index in [9.17, 15) is 14.7 Å². The molecule has 6 rings (SSSR count). The van der Waals surface area contributed by atoms with Gasteiger partial charge >= 0.3 is 5.97 Å². The molecule has 4 saturated carbocycles. The molecule has 1 saturated heterocycles. The molecule has 2 bridgehead atoms. The average Bonchev–Trinajstić information content (AvgIpc) is 3.33. The van der Waals surface area contributed by atoms with Gasteiger partial charge in [0.25, 0.3) is 0 Å². The zero-order chi connectivity index (χ0) is 27.5. The van der Waals surface area contributed by atoms with E-state index in [4.69, 9.17) is 14.2 Å². The molecule has 5 aliphatic rings. The van der Waals surface area contributed by atoms with Crippen molar-refractivity contribution >= 4 is 17.8 Å². The van der Waals surface area contributed by atoms with E-state index in [1.165, 1.54) is 6.08 Å². The highest BCUT2D eigenvalue weighted by molar-refractivity contribution is 5.96. The van der Waals surface area contributed by atoms with Crippen LogP contribution in [0, 0.1) is 39.9 Å². The van der Waals surface area contributed by atoms with E-state index < -0.39 is 46.3 Å². The van der Waals surface area contributed by atoms with Gasteiger partial charge in [0.1, 0.15) is 11.7 Å². The fourth-order valence-electron chi connectivity index (χ4n) is 9.25. The topological polar surface area (TPSA) is 82.1 Å². The molecule has 1 aliphatic heterocycles. The number of Topliss-reactive ketones (excluding diaryl/α,β-unsaturated/α-hetero) is 1. The molecule has 0 aromatic heterocycles. The summed E-state index contributed by atoms with van der Waals surface area (Å²) >= 11 is 0. The van der Waals surface area contributed by atoms with Gasteiger partial charge in [-0.2, -0.15) is 0 Å². The van der Waals surface area contributed by atoms with Gasteiger partial charge in [-0.05, 0) is 74.8 Å². The van der Waals surface area contributed by atoms with E-state index in [2.05, 4.69) is 20.8 Å². The first-order chi connectivity index (χ1) is 17.7. The molecule has 4 aliphatic carbocycles. The Morgan fingerprint density at radius 2 is 1.76 bits per heavy atom. The highest BCUT2D eigenvalue weighted by Gasteiger charge is 2.82. The van der Waals surface area contributed by atoms with E-state index in [-0.39, 0.29) is 29.1 Å². The SMILES string of the molecule is C[C@H]1C[C@@]23OC(C)(C)O[C@@H]4[C@@H]5[C@H](CC[C@@](C)([C@H](O)[C@H]2[C@H]1OC(=O)/C=C/c1ccccc1)[C@@]4(C)C3=O)C5(C)C. The number of aliphatic hydroxyl groups excluding tert-OH is 1. The average molecular weight is 523 g/mol. The largest absolute Gasteiger partial charge is 0.458 e. The minimum Gasteiger partial charge on any atom is -0.458 e. The van der Waals surface area contributed by atoms with Crippen LogP contribution in [0.1, 0.15) is 73.3 Å². The number of ketones is 1. The first kappa shape index (κ1) is 26.2. The Kier molecular flexibility index (Phi) is 5.53. The van der Waals surface area contributed by atoms with Crippen LogP contribution < -0.4 is 0 Å². The normalized spacial score (nSPS) is 48.0. The molecule has 1 heterocycles. The maximum Gasteiger partial charge on any atom is 0.331 e. The monoisotopic (exact) mass is 522 g/mol. The van der Waals surface area contributed by atoms with E-state index >= 15 is 0 Å². The number of ether oxygens (including phenoxy) is 3. The Morgan fingerprint density at radius 3 is 2.45 bits per heavy atom. The van der Waals surface area contributed by atoms with Gasteiger partial charge in [-0.1, -0.05) is 58.0 Å². The Labute approximate surface area is 226 Å². The number of carbonyl (C=O) groups is 2. The van der Waals surface area contributed by atoms with Crippen LogP contribution in [-0.2, 0) is 23.8 Å². The molecule has 6 heteroatoms. The summed E-state index contributed by atoms with van der Waals surface area (Å²) in [4.78, 5) is 28.0. The number of hydrogen-bond donors (Lipinski definition) is 1. The maximum atomic E-state index is 14.9. The standard InChI is InChI=1S/C32H42O6/c1-18-17-32-23(24(18)36-21(33)14-13-19-11-9-8-10-12-19)25(34)30(6)16-15-20-22(28(20,2)3)26(31(30,7)27(32)35)37-29(4,5)38-32/h8-14,18,20,22-26,34H,15-17H2,1-7H3/b14-13+/t18-,20-,22-,23+,24-,25+,26+,30-,31+,32+/m0/s1. The zero-order valence-electron chi connectivity index (χ0n) is 23.7. The highest BCUT2D eigenvalue weighted by Crippen LogP contribution is 2.75. The Bertz CT molecular complexity index is 1190. The van der Waals surface area contributed by atoms with Crippen LogP contribution in [0.4, 0.5) is 0 Å². The third-order valence-electron chi connectivity index (χ3n) is 11.4. The lowest BCUT2D eigenvalue weighted by molar-refractivity contribution is -0.281. The number of benzene rings is 1. The van der Waals surface area contributed by atoms with Crippen LogP contribution >= 0.6 is 0 Å². The van der Waals surface area contributed by atoms with E-state index in [0.717, 1.165) is 18.4 Å². The van der Waals surface area contributed by atoms with Crippen molar-refractivity contribution in [3.63, 3.8) is 0 Å². The van der Waals surface area contributed by atoms with E-state index in [1.807, 2.05) is 58.0 Å². The van der Waals surface area contributed by atoms with Crippen LogP contribution in [-0.4, -0.2) is 46.6 Å². The lowest BCUT2D eigenvalue weighted by Gasteiger charge is -2.59. The predicted octanol–water partition coefficient (Wildman–Crippen LogP) is 5.18. The van der Waals surface area contributed by atoms with Crippen molar-refractivity contribution in [2.45, 2.75) is 97.4 Å². The molecule has 1 spiro atoms. The van der Waals surface area contributed by atoms with Gasteiger partial charge in [-0.25, -0.2) is 4.79 Å². The minimum atomic E-state index is -1.28. The summed E-state index contributed by atoms with van der Waals surface area (Å²) in [5.74, 6) is -1.65. The van der Waals surface area contributed by atoms with Crippen LogP contribution in [0.5, 0.6) is 0 Å².